The predicted molar refractivity (Wildman–Crippen MR) is 61.3 cm³/mol. The van der Waals surface area contributed by atoms with Crippen molar-refractivity contribution in [2.24, 2.45) is 0 Å². The number of anilines is 2. The number of hydrogen-bond acceptors (Lipinski definition) is 5. The second kappa shape index (κ2) is 4.28. The maximum absolute atomic E-state index is 10.7. The molecule has 0 atom stereocenters. The molecule has 0 aliphatic heterocycles. The maximum atomic E-state index is 10.7. The SMILES string of the molecule is Cc1cnc(Nc2ccnc(C(=O)O)c2)s1. The second-order valence-electron chi connectivity index (χ2n) is 3.14. The molecule has 0 saturated heterocycles. The normalized spacial score (nSPS) is 10.1. The number of pyridine rings is 1. The molecule has 2 aromatic rings. The molecule has 5 nitrogen and oxygen atoms in total. The summed E-state index contributed by atoms with van der Waals surface area (Å²) in [4.78, 5) is 19.7. The average molecular weight is 235 g/mol. The number of nitrogens with zero attached hydrogens (tertiary/aromatic N) is 2. The molecule has 82 valence electrons. The van der Waals surface area contributed by atoms with Crippen molar-refractivity contribution in [2.45, 2.75) is 6.92 Å². The van der Waals surface area contributed by atoms with Crippen LogP contribution < -0.4 is 5.32 Å². The van der Waals surface area contributed by atoms with Gasteiger partial charge in [-0.15, -0.1) is 11.3 Å². The average Bonchev–Trinajstić information content (AvgIpc) is 2.64. The van der Waals surface area contributed by atoms with E-state index in [4.69, 9.17) is 5.11 Å². The van der Waals surface area contributed by atoms with Gasteiger partial charge in [-0.2, -0.15) is 0 Å². The minimum atomic E-state index is -1.04. The summed E-state index contributed by atoms with van der Waals surface area (Å²) in [6.45, 7) is 1.96. The molecule has 2 rings (SSSR count). The Labute approximate surface area is 95.8 Å². The third-order valence-corrected chi connectivity index (χ3v) is 2.68. The van der Waals surface area contributed by atoms with Crippen molar-refractivity contribution < 1.29 is 9.90 Å². The van der Waals surface area contributed by atoms with Crippen LogP contribution in [0.3, 0.4) is 0 Å². The summed E-state index contributed by atoms with van der Waals surface area (Å²) in [5, 5.41) is 12.5. The van der Waals surface area contributed by atoms with Crippen molar-refractivity contribution in [1.29, 1.82) is 0 Å². The van der Waals surface area contributed by atoms with Gasteiger partial charge in [-0.3, -0.25) is 0 Å². The molecule has 2 N–H and O–H groups in total. The van der Waals surface area contributed by atoms with Crippen molar-refractivity contribution in [3.05, 3.63) is 35.1 Å². The van der Waals surface area contributed by atoms with Gasteiger partial charge in [0, 0.05) is 23.0 Å². The third-order valence-electron chi connectivity index (χ3n) is 1.85. The zero-order chi connectivity index (χ0) is 11.5. The smallest absolute Gasteiger partial charge is 0.354 e. The molecule has 0 aliphatic rings. The van der Waals surface area contributed by atoms with Crippen LogP contribution in [0.5, 0.6) is 0 Å². The zero-order valence-corrected chi connectivity index (χ0v) is 9.28. The van der Waals surface area contributed by atoms with Gasteiger partial charge in [0.05, 0.1) is 0 Å². The molecular formula is C10H9N3O2S. The van der Waals surface area contributed by atoms with Gasteiger partial charge in [0.2, 0.25) is 0 Å². The lowest BCUT2D eigenvalue weighted by Crippen LogP contribution is -2.00. The van der Waals surface area contributed by atoms with E-state index in [1.54, 1.807) is 12.3 Å². The van der Waals surface area contributed by atoms with Crippen molar-refractivity contribution >= 4 is 28.1 Å². The number of rotatable bonds is 3. The summed E-state index contributed by atoms with van der Waals surface area (Å²) in [6, 6.07) is 3.17. The quantitative estimate of drug-likeness (QED) is 0.853. The topological polar surface area (TPSA) is 75.1 Å². The molecule has 0 aromatic carbocycles. The fourth-order valence-electron chi connectivity index (χ4n) is 1.16. The van der Waals surface area contributed by atoms with Crippen LogP contribution in [0.2, 0.25) is 0 Å². The van der Waals surface area contributed by atoms with Crippen LogP contribution in [0.1, 0.15) is 15.4 Å². The van der Waals surface area contributed by atoms with Crippen LogP contribution in [0.15, 0.2) is 24.5 Å². The lowest BCUT2D eigenvalue weighted by atomic mass is 10.3. The van der Waals surface area contributed by atoms with Gasteiger partial charge in [-0.25, -0.2) is 14.8 Å². The van der Waals surface area contributed by atoms with Gasteiger partial charge in [0.1, 0.15) is 5.69 Å². The van der Waals surface area contributed by atoms with Crippen LogP contribution in [0.4, 0.5) is 10.8 Å². The minimum absolute atomic E-state index is 0.0123. The summed E-state index contributed by atoms with van der Waals surface area (Å²) in [5.41, 5.74) is 0.681. The van der Waals surface area contributed by atoms with Crippen molar-refractivity contribution in [2.75, 3.05) is 5.32 Å². The zero-order valence-electron chi connectivity index (χ0n) is 8.47. The summed E-state index contributed by atoms with van der Waals surface area (Å²) in [5.74, 6) is -1.04. The molecule has 2 heterocycles. The van der Waals surface area contributed by atoms with Gasteiger partial charge >= 0.3 is 5.97 Å². The Balaban J connectivity index is 2.21. The van der Waals surface area contributed by atoms with E-state index in [2.05, 4.69) is 15.3 Å². The van der Waals surface area contributed by atoms with Crippen molar-refractivity contribution in [1.82, 2.24) is 9.97 Å². The summed E-state index contributed by atoms with van der Waals surface area (Å²) in [7, 11) is 0. The molecule has 16 heavy (non-hydrogen) atoms. The van der Waals surface area contributed by atoms with E-state index in [0.717, 1.165) is 10.0 Å². The summed E-state index contributed by atoms with van der Waals surface area (Å²) in [6.07, 6.45) is 3.21. The highest BCUT2D eigenvalue weighted by Crippen LogP contribution is 2.21. The Bertz CT molecular complexity index is 524. The summed E-state index contributed by atoms with van der Waals surface area (Å²) < 4.78 is 0. The highest BCUT2D eigenvalue weighted by molar-refractivity contribution is 7.15. The first-order valence-electron chi connectivity index (χ1n) is 4.54. The molecule has 0 unspecified atom stereocenters. The Hall–Kier alpha value is -1.95. The number of carboxylic acids is 1. The number of carbonyl (C=O) groups is 1. The van der Waals surface area contributed by atoms with Gasteiger partial charge in [-0.1, -0.05) is 0 Å². The molecule has 0 fully saturated rings. The molecule has 0 amide bonds. The Morgan fingerprint density at radius 1 is 1.50 bits per heavy atom. The molecule has 0 radical (unpaired) electrons. The predicted octanol–water partition coefficient (Wildman–Crippen LogP) is 2.29. The fourth-order valence-corrected chi connectivity index (χ4v) is 1.85. The number of nitrogens with one attached hydrogen (secondary N) is 1. The molecular weight excluding hydrogens is 226 g/mol. The van der Waals surface area contributed by atoms with Gasteiger partial charge in [0.25, 0.3) is 0 Å². The number of carboxylic acid groups (broad SMARTS) is 1. The van der Waals surface area contributed by atoms with E-state index in [1.807, 2.05) is 6.92 Å². The van der Waals surface area contributed by atoms with Crippen molar-refractivity contribution in [3.63, 3.8) is 0 Å². The number of aromatic nitrogens is 2. The minimum Gasteiger partial charge on any atom is -0.477 e. The van der Waals surface area contributed by atoms with Crippen molar-refractivity contribution in [3.8, 4) is 0 Å². The molecule has 0 bridgehead atoms. The molecule has 0 saturated carbocycles. The molecule has 2 aromatic heterocycles. The lowest BCUT2D eigenvalue weighted by Gasteiger charge is -2.02. The number of aromatic carboxylic acids is 1. The Kier molecular flexibility index (Phi) is 2.82. The van der Waals surface area contributed by atoms with Crippen LogP contribution in [-0.2, 0) is 0 Å². The Morgan fingerprint density at radius 2 is 2.31 bits per heavy atom. The highest BCUT2D eigenvalue weighted by atomic mass is 32.1. The fraction of sp³-hybridized carbons (Fsp3) is 0.100. The second-order valence-corrected chi connectivity index (χ2v) is 4.37. The third kappa shape index (κ3) is 2.34. The Morgan fingerprint density at radius 3 is 2.94 bits per heavy atom. The van der Waals surface area contributed by atoms with E-state index >= 15 is 0 Å². The molecule has 0 aliphatic carbocycles. The van der Waals surface area contributed by atoms with E-state index < -0.39 is 5.97 Å². The monoisotopic (exact) mass is 235 g/mol. The van der Waals surface area contributed by atoms with Crippen LogP contribution in [0, 0.1) is 6.92 Å². The highest BCUT2D eigenvalue weighted by Gasteiger charge is 2.05. The van der Waals surface area contributed by atoms with E-state index in [9.17, 15) is 4.79 Å². The molecule has 0 spiro atoms. The van der Waals surface area contributed by atoms with Gasteiger partial charge in [-0.05, 0) is 19.1 Å². The van der Waals surface area contributed by atoms with E-state index in [0.29, 0.717) is 5.69 Å². The van der Waals surface area contributed by atoms with Gasteiger partial charge < -0.3 is 10.4 Å². The number of aryl methyl sites for hydroxylation is 1. The first-order chi connectivity index (χ1) is 7.65. The first-order valence-corrected chi connectivity index (χ1v) is 5.35. The standard InChI is InChI=1S/C10H9N3O2S/c1-6-5-12-10(16-6)13-7-2-3-11-8(4-7)9(14)15/h2-5H,1H3,(H,14,15)(H,11,12,13). The van der Waals surface area contributed by atoms with Crippen LogP contribution in [0.25, 0.3) is 0 Å². The largest absolute Gasteiger partial charge is 0.477 e. The van der Waals surface area contributed by atoms with Crippen LogP contribution >= 0.6 is 11.3 Å². The van der Waals surface area contributed by atoms with Gasteiger partial charge in [0.15, 0.2) is 5.13 Å². The van der Waals surface area contributed by atoms with Crippen LogP contribution in [-0.4, -0.2) is 21.0 Å². The van der Waals surface area contributed by atoms with E-state index in [1.165, 1.54) is 23.6 Å². The maximum Gasteiger partial charge on any atom is 0.354 e. The lowest BCUT2D eigenvalue weighted by molar-refractivity contribution is 0.0690. The first kappa shape index (κ1) is 10.6. The van der Waals surface area contributed by atoms with E-state index in [-0.39, 0.29) is 5.69 Å². The summed E-state index contributed by atoms with van der Waals surface area (Å²) >= 11 is 1.51. The number of hydrogen-bond donors (Lipinski definition) is 2. The molecule has 6 heteroatoms. The number of thiazole rings is 1.